The molecule has 0 saturated carbocycles. The minimum absolute atomic E-state index is 0.111. The van der Waals surface area contributed by atoms with E-state index in [2.05, 4.69) is 65.0 Å². The fourth-order valence-corrected chi connectivity index (χ4v) is 4.79. The van der Waals surface area contributed by atoms with E-state index in [4.69, 9.17) is 4.98 Å². The number of allylic oxidation sites excluding steroid dienone is 1. The second-order valence-corrected chi connectivity index (χ2v) is 10.1. The highest BCUT2D eigenvalue weighted by Crippen LogP contribution is 2.46. The van der Waals surface area contributed by atoms with Crippen molar-refractivity contribution in [2.75, 3.05) is 0 Å². The average molecular weight is 428 g/mol. The minimum Gasteiger partial charge on any atom is -0.478 e. The molecule has 3 aromatic rings. The predicted octanol–water partition coefficient (Wildman–Crippen LogP) is 7.60. The summed E-state index contributed by atoms with van der Waals surface area (Å²) in [6, 6.07) is 16.3. The lowest BCUT2D eigenvalue weighted by Gasteiger charge is -2.38. The SMILES string of the molecule is CCC(C)(C)[C@@H]1C/C(=C/c2ccc(C(C)C)cc2)c2nc3ccccc3c(C(=O)O)c2C1. The molecule has 0 radical (unpaired) electrons. The molecule has 0 amide bonds. The maximum absolute atomic E-state index is 12.4. The molecule has 1 N–H and O–H groups in total. The van der Waals surface area contributed by atoms with Gasteiger partial charge in [0, 0.05) is 5.39 Å². The zero-order valence-electron chi connectivity index (χ0n) is 19.8. The topological polar surface area (TPSA) is 50.2 Å². The molecule has 1 aliphatic carbocycles. The van der Waals surface area contributed by atoms with Gasteiger partial charge >= 0.3 is 5.97 Å². The molecular weight excluding hydrogens is 394 g/mol. The number of carboxylic acids is 1. The lowest BCUT2D eigenvalue weighted by atomic mass is 9.67. The van der Waals surface area contributed by atoms with E-state index in [0.717, 1.165) is 52.6 Å². The van der Waals surface area contributed by atoms with Gasteiger partial charge in [-0.1, -0.05) is 83.5 Å². The number of nitrogens with zero attached hydrogens (tertiary/aromatic N) is 1. The van der Waals surface area contributed by atoms with Gasteiger partial charge in [-0.15, -0.1) is 0 Å². The highest BCUT2D eigenvalue weighted by Gasteiger charge is 2.36. The standard InChI is InChI=1S/C29H33NO2/c1-6-29(4,5)22-16-21(15-19-11-13-20(14-12-19)18(2)3)27-24(17-22)26(28(31)32)23-9-7-8-10-25(23)30-27/h7-15,18,22H,6,16-17H2,1-5H3,(H,31,32)/b21-15-/t22-/m1/s1. The number of pyridine rings is 1. The highest BCUT2D eigenvalue weighted by atomic mass is 16.4. The number of rotatable bonds is 5. The molecule has 0 saturated heterocycles. The van der Waals surface area contributed by atoms with Gasteiger partial charge in [-0.25, -0.2) is 9.78 Å². The third kappa shape index (κ3) is 4.09. The van der Waals surface area contributed by atoms with Crippen LogP contribution in [0.2, 0.25) is 0 Å². The Kier molecular flexibility index (Phi) is 5.94. The number of para-hydroxylation sites is 1. The summed E-state index contributed by atoms with van der Waals surface area (Å²) >= 11 is 0. The third-order valence-electron chi connectivity index (χ3n) is 7.39. The summed E-state index contributed by atoms with van der Waals surface area (Å²) in [6.45, 7) is 11.2. The fraction of sp³-hybridized carbons (Fsp3) is 0.379. The first-order valence-corrected chi connectivity index (χ1v) is 11.7. The quantitative estimate of drug-likeness (QED) is 0.456. The molecule has 0 unspecified atom stereocenters. The maximum atomic E-state index is 12.4. The van der Waals surface area contributed by atoms with Crippen molar-refractivity contribution in [3.05, 3.63) is 76.5 Å². The monoisotopic (exact) mass is 427 g/mol. The first-order chi connectivity index (χ1) is 15.2. The zero-order valence-corrected chi connectivity index (χ0v) is 19.8. The summed E-state index contributed by atoms with van der Waals surface area (Å²) < 4.78 is 0. The van der Waals surface area contributed by atoms with Crippen LogP contribution in [0, 0.1) is 11.3 Å². The Bertz CT molecular complexity index is 1190. The van der Waals surface area contributed by atoms with Crippen molar-refractivity contribution in [1.82, 2.24) is 4.98 Å². The van der Waals surface area contributed by atoms with Gasteiger partial charge in [-0.05, 0) is 64.5 Å². The van der Waals surface area contributed by atoms with Crippen LogP contribution in [-0.4, -0.2) is 16.1 Å². The van der Waals surface area contributed by atoms with Crippen LogP contribution in [0.1, 0.15) is 86.1 Å². The molecule has 0 aliphatic heterocycles. The summed E-state index contributed by atoms with van der Waals surface area (Å²) in [7, 11) is 0. The van der Waals surface area contributed by atoms with E-state index in [1.54, 1.807) is 0 Å². The molecule has 1 aromatic heterocycles. The van der Waals surface area contributed by atoms with Crippen LogP contribution in [-0.2, 0) is 6.42 Å². The molecule has 1 heterocycles. The number of hydrogen-bond acceptors (Lipinski definition) is 2. The third-order valence-corrected chi connectivity index (χ3v) is 7.39. The first kappa shape index (κ1) is 22.3. The van der Waals surface area contributed by atoms with Crippen LogP contribution < -0.4 is 0 Å². The van der Waals surface area contributed by atoms with Gasteiger partial charge < -0.3 is 5.11 Å². The van der Waals surface area contributed by atoms with Crippen molar-refractivity contribution in [3.63, 3.8) is 0 Å². The van der Waals surface area contributed by atoms with Gasteiger partial charge in [0.05, 0.1) is 16.8 Å². The number of benzene rings is 2. The van der Waals surface area contributed by atoms with Crippen LogP contribution in [0.4, 0.5) is 0 Å². The van der Waals surface area contributed by atoms with Crippen molar-refractivity contribution < 1.29 is 9.90 Å². The van der Waals surface area contributed by atoms with E-state index >= 15 is 0 Å². The normalized spacial score (nSPS) is 17.7. The number of aromatic carboxylic acids is 1. The summed E-state index contributed by atoms with van der Waals surface area (Å²) in [6.07, 6.45) is 4.92. The van der Waals surface area contributed by atoms with Gasteiger partial charge in [-0.3, -0.25) is 0 Å². The van der Waals surface area contributed by atoms with Gasteiger partial charge in [0.25, 0.3) is 0 Å². The molecule has 1 atom stereocenters. The Balaban J connectivity index is 1.93. The Labute approximate surface area is 191 Å². The second-order valence-electron chi connectivity index (χ2n) is 10.1. The molecule has 0 bridgehead atoms. The molecule has 166 valence electrons. The molecule has 0 spiro atoms. The van der Waals surface area contributed by atoms with E-state index < -0.39 is 5.97 Å². The Morgan fingerprint density at radius 2 is 1.81 bits per heavy atom. The molecule has 3 nitrogen and oxygen atoms in total. The molecule has 1 aliphatic rings. The van der Waals surface area contributed by atoms with Gasteiger partial charge in [-0.2, -0.15) is 0 Å². The molecule has 32 heavy (non-hydrogen) atoms. The highest BCUT2D eigenvalue weighted by molar-refractivity contribution is 6.06. The predicted molar refractivity (Wildman–Crippen MR) is 133 cm³/mol. The number of fused-ring (bicyclic) bond motifs is 2. The van der Waals surface area contributed by atoms with Crippen LogP contribution in [0.15, 0.2) is 48.5 Å². The number of carbonyl (C=O) groups is 1. The van der Waals surface area contributed by atoms with Crippen LogP contribution in [0.3, 0.4) is 0 Å². The second kappa shape index (κ2) is 8.54. The van der Waals surface area contributed by atoms with Crippen molar-refractivity contribution >= 4 is 28.5 Å². The molecular formula is C29H33NO2. The lowest BCUT2D eigenvalue weighted by Crippen LogP contribution is -2.30. The van der Waals surface area contributed by atoms with Crippen molar-refractivity contribution in [2.24, 2.45) is 11.3 Å². The van der Waals surface area contributed by atoms with Gasteiger partial charge in [0.1, 0.15) is 0 Å². The summed E-state index contributed by atoms with van der Waals surface area (Å²) in [5.74, 6) is -0.00862. The average Bonchev–Trinajstić information content (AvgIpc) is 2.77. The first-order valence-electron chi connectivity index (χ1n) is 11.7. The van der Waals surface area contributed by atoms with E-state index in [0.29, 0.717) is 17.4 Å². The van der Waals surface area contributed by atoms with Gasteiger partial charge in [0.15, 0.2) is 0 Å². The van der Waals surface area contributed by atoms with E-state index in [1.165, 1.54) is 5.56 Å². The minimum atomic E-state index is -0.865. The van der Waals surface area contributed by atoms with E-state index in [1.807, 2.05) is 24.3 Å². The molecule has 0 fully saturated rings. The summed E-state index contributed by atoms with van der Waals surface area (Å²) in [5.41, 5.74) is 6.62. The Morgan fingerprint density at radius 1 is 1.12 bits per heavy atom. The summed E-state index contributed by atoms with van der Waals surface area (Å²) in [5, 5.41) is 10.9. The Hall–Kier alpha value is -2.94. The molecule has 4 rings (SSSR count). The zero-order chi connectivity index (χ0) is 23.0. The van der Waals surface area contributed by atoms with Crippen LogP contribution in [0.5, 0.6) is 0 Å². The number of aromatic nitrogens is 1. The van der Waals surface area contributed by atoms with Crippen molar-refractivity contribution in [3.8, 4) is 0 Å². The maximum Gasteiger partial charge on any atom is 0.336 e. The van der Waals surface area contributed by atoms with E-state index in [9.17, 15) is 9.90 Å². The van der Waals surface area contributed by atoms with Crippen molar-refractivity contribution in [2.45, 2.75) is 59.8 Å². The number of carboxylic acid groups (broad SMARTS) is 1. The lowest BCUT2D eigenvalue weighted by molar-refractivity contribution is 0.0696. The smallest absolute Gasteiger partial charge is 0.336 e. The van der Waals surface area contributed by atoms with E-state index in [-0.39, 0.29) is 5.41 Å². The summed E-state index contributed by atoms with van der Waals surface area (Å²) in [4.78, 5) is 17.4. The largest absolute Gasteiger partial charge is 0.478 e. The Morgan fingerprint density at radius 3 is 2.44 bits per heavy atom. The molecule has 3 heteroatoms. The van der Waals surface area contributed by atoms with Crippen LogP contribution >= 0.6 is 0 Å². The molecule has 2 aromatic carbocycles. The fourth-order valence-electron chi connectivity index (χ4n) is 4.79. The van der Waals surface area contributed by atoms with Gasteiger partial charge in [0.2, 0.25) is 0 Å². The van der Waals surface area contributed by atoms with Crippen LogP contribution in [0.25, 0.3) is 22.6 Å². The number of hydrogen-bond donors (Lipinski definition) is 1. The van der Waals surface area contributed by atoms with Crippen molar-refractivity contribution in [1.29, 1.82) is 0 Å².